The summed E-state index contributed by atoms with van der Waals surface area (Å²) in [6.45, 7) is 0.653. The van der Waals surface area contributed by atoms with Crippen molar-refractivity contribution >= 4 is 16.7 Å². The SMILES string of the molecule is COc1cccc(CNc2ncnc3ccc(-c4cnn(C)c4)cc23)c1. The first-order valence-electron chi connectivity index (χ1n) is 8.33. The summed E-state index contributed by atoms with van der Waals surface area (Å²) < 4.78 is 7.08. The molecule has 0 atom stereocenters. The number of fused-ring (bicyclic) bond motifs is 1. The van der Waals surface area contributed by atoms with Crippen LogP contribution in [0.25, 0.3) is 22.0 Å². The molecule has 0 radical (unpaired) electrons. The minimum atomic E-state index is 0.653. The number of anilines is 1. The molecule has 2 aromatic carbocycles. The van der Waals surface area contributed by atoms with Gasteiger partial charge in [-0.2, -0.15) is 5.10 Å². The fourth-order valence-electron chi connectivity index (χ4n) is 2.92. The summed E-state index contributed by atoms with van der Waals surface area (Å²) in [7, 11) is 3.58. The van der Waals surface area contributed by atoms with Gasteiger partial charge >= 0.3 is 0 Å². The molecule has 4 aromatic rings. The molecule has 6 nitrogen and oxygen atoms in total. The highest BCUT2D eigenvalue weighted by molar-refractivity contribution is 5.92. The van der Waals surface area contributed by atoms with Crippen molar-refractivity contribution in [3.8, 4) is 16.9 Å². The summed E-state index contributed by atoms with van der Waals surface area (Å²) in [5, 5.41) is 8.64. The molecule has 0 aliphatic rings. The Bertz CT molecular complexity index is 1060. The molecular weight excluding hydrogens is 326 g/mol. The standard InChI is InChI=1S/C20H19N5O/c1-25-12-16(11-24-25)15-6-7-19-18(9-15)20(23-13-22-19)21-10-14-4-3-5-17(8-14)26-2/h3-9,11-13H,10H2,1-2H3,(H,21,22,23). The monoisotopic (exact) mass is 345 g/mol. The second-order valence-corrected chi connectivity index (χ2v) is 6.06. The van der Waals surface area contributed by atoms with Gasteiger partial charge in [-0.15, -0.1) is 0 Å². The number of benzene rings is 2. The Kier molecular flexibility index (Phi) is 4.23. The Morgan fingerprint density at radius 1 is 1.08 bits per heavy atom. The molecule has 4 rings (SSSR count). The molecule has 0 bridgehead atoms. The molecule has 0 spiro atoms. The first-order valence-corrected chi connectivity index (χ1v) is 8.33. The van der Waals surface area contributed by atoms with Crippen LogP contribution in [0.4, 0.5) is 5.82 Å². The zero-order valence-corrected chi connectivity index (χ0v) is 14.7. The highest BCUT2D eigenvalue weighted by atomic mass is 16.5. The van der Waals surface area contributed by atoms with Crippen LogP contribution >= 0.6 is 0 Å². The number of hydrogen-bond donors (Lipinski definition) is 1. The molecule has 2 aromatic heterocycles. The molecule has 0 saturated carbocycles. The van der Waals surface area contributed by atoms with E-state index in [0.29, 0.717) is 6.54 Å². The molecule has 0 aliphatic carbocycles. The highest BCUT2D eigenvalue weighted by Gasteiger charge is 2.07. The Morgan fingerprint density at radius 2 is 2.00 bits per heavy atom. The Morgan fingerprint density at radius 3 is 2.81 bits per heavy atom. The van der Waals surface area contributed by atoms with Crippen LogP contribution in [0.15, 0.2) is 61.2 Å². The van der Waals surface area contributed by atoms with Crippen molar-refractivity contribution in [2.45, 2.75) is 6.54 Å². The van der Waals surface area contributed by atoms with Gasteiger partial charge in [-0.1, -0.05) is 18.2 Å². The number of aromatic nitrogens is 4. The number of aryl methyl sites for hydroxylation is 1. The van der Waals surface area contributed by atoms with E-state index in [-0.39, 0.29) is 0 Å². The average molecular weight is 345 g/mol. The van der Waals surface area contributed by atoms with E-state index in [1.807, 2.05) is 43.7 Å². The zero-order valence-electron chi connectivity index (χ0n) is 14.7. The van der Waals surface area contributed by atoms with Gasteiger partial charge in [0.05, 0.1) is 18.8 Å². The van der Waals surface area contributed by atoms with Gasteiger partial charge in [0.15, 0.2) is 0 Å². The van der Waals surface area contributed by atoms with Crippen molar-refractivity contribution in [1.29, 1.82) is 0 Å². The molecule has 0 aliphatic heterocycles. The van der Waals surface area contributed by atoms with Crippen molar-refractivity contribution in [2.75, 3.05) is 12.4 Å². The third kappa shape index (κ3) is 3.21. The van der Waals surface area contributed by atoms with Crippen molar-refractivity contribution in [2.24, 2.45) is 7.05 Å². The molecule has 1 N–H and O–H groups in total. The van der Waals surface area contributed by atoms with Crippen molar-refractivity contribution < 1.29 is 4.74 Å². The summed E-state index contributed by atoms with van der Waals surface area (Å²) in [5.41, 5.74) is 4.18. The van der Waals surface area contributed by atoms with E-state index in [1.54, 1.807) is 18.1 Å². The molecular formula is C20H19N5O. The summed E-state index contributed by atoms with van der Waals surface area (Å²) >= 11 is 0. The Balaban J connectivity index is 1.65. The normalized spacial score (nSPS) is 10.8. The number of nitrogens with one attached hydrogen (secondary N) is 1. The van der Waals surface area contributed by atoms with E-state index in [0.717, 1.165) is 39.2 Å². The fourth-order valence-corrected chi connectivity index (χ4v) is 2.92. The van der Waals surface area contributed by atoms with E-state index in [4.69, 9.17) is 4.74 Å². The summed E-state index contributed by atoms with van der Waals surface area (Å²) in [6, 6.07) is 14.1. The van der Waals surface area contributed by atoms with Crippen LogP contribution in [-0.4, -0.2) is 26.9 Å². The number of ether oxygens (including phenoxy) is 1. The summed E-state index contributed by atoms with van der Waals surface area (Å²) in [6.07, 6.45) is 5.43. The third-order valence-electron chi connectivity index (χ3n) is 4.27. The van der Waals surface area contributed by atoms with Crippen molar-refractivity contribution in [1.82, 2.24) is 19.7 Å². The highest BCUT2D eigenvalue weighted by Crippen LogP contribution is 2.27. The Hall–Kier alpha value is -3.41. The minimum absolute atomic E-state index is 0.653. The second-order valence-electron chi connectivity index (χ2n) is 6.06. The van der Waals surface area contributed by atoms with Gasteiger partial charge < -0.3 is 10.1 Å². The van der Waals surface area contributed by atoms with E-state index in [2.05, 4.69) is 38.6 Å². The van der Waals surface area contributed by atoms with Crippen LogP contribution in [0.3, 0.4) is 0 Å². The first-order chi connectivity index (χ1) is 12.7. The smallest absolute Gasteiger partial charge is 0.137 e. The Labute approximate surface area is 151 Å². The number of rotatable bonds is 5. The average Bonchev–Trinajstić information content (AvgIpc) is 3.12. The van der Waals surface area contributed by atoms with E-state index in [1.165, 1.54) is 0 Å². The summed E-state index contributed by atoms with van der Waals surface area (Å²) in [4.78, 5) is 8.80. The summed E-state index contributed by atoms with van der Waals surface area (Å²) in [5.74, 6) is 1.65. The molecule has 6 heteroatoms. The molecule has 0 unspecified atom stereocenters. The van der Waals surface area contributed by atoms with Gasteiger partial charge in [0.1, 0.15) is 17.9 Å². The quantitative estimate of drug-likeness (QED) is 0.598. The minimum Gasteiger partial charge on any atom is -0.497 e. The number of hydrogen-bond acceptors (Lipinski definition) is 5. The van der Waals surface area contributed by atoms with Gasteiger partial charge in [0.25, 0.3) is 0 Å². The van der Waals surface area contributed by atoms with Crippen LogP contribution < -0.4 is 10.1 Å². The van der Waals surface area contributed by atoms with Crippen LogP contribution in [0, 0.1) is 0 Å². The fraction of sp³-hybridized carbons (Fsp3) is 0.150. The van der Waals surface area contributed by atoms with E-state index in [9.17, 15) is 0 Å². The lowest BCUT2D eigenvalue weighted by Gasteiger charge is -2.10. The van der Waals surface area contributed by atoms with E-state index >= 15 is 0 Å². The lowest BCUT2D eigenvalue weighted by Crippen LogP contribution is -2.03. The molecule has 0 saturated heterocycles. The first kappa shape index (κ1) is 16.1. The van der Waals surface area contributed by atoms with Gasteiger partial charge in [0, 0.05) is 30.7 Å². The lowest BCUT2D eigenvalue weighted by molar-refractivity contribution is 0.414. The van der Waals surface area contributed by atoms with Gasteiger partial charge in [0.2, 0.25) is 0 Å². The van der Waals surface area contributed by atoms with Gasteiger partial charge in [-0.25, -0.2) is 9.97 Å². The molecule has 26 heavy (non-hydrogen) atoms. The maximum Gasteiger partial charge on any atom is 0.137 e. The second kappa shape index (κ2) is 6.84. The van der Waals surface area contributed by atoms with Crippen molar-refractivity contribution in [3.63, 3.8) is 0 Å². The van der Waals surface area contributed by atoms with Crippen LogP contribution in [0.1, 0.15) is 5.56 Å². The van der Waals surface area contributed by atoms with Crippen LogP contribution in [0.2, 0.25) is 0 Å². The topological polar surface area (TPSA) is 64.9 Å². The van der Waals surface area contributed by atoms with Gasteiger partial charge in [-0.3, -0.25) is 4.68 Å². The van der Waals surface area contributed by atoms with Crippen LogP contribution in [0.5, 0.6) is 5.75 Å². The van der Waals surface area contributed by atoms with Crippen molar-refractivity contribution in [3.05, 3.63) is 66.7 Å². The largest absolute Gasteiger partial charge is 0.497 e. The molecule has 130 valence electrons. The van der Waals surface area contributed by atoms with Crippen LogP contribution in [-0.2, 0) is 13.6 Å². The van der Waals surface area contributed by atoms with E-state index < -0.39 is 0 Å². The molecule has 0 fully saturated rings. The number of nitrogens with zero attached hydrogens (tertiary/aromatic N) is 4. The number of methoxy groups -OCH3 is 1. The lowest BCUT2D eigenvalue weighted by atomic mass is 10.1. The molecule has 0 amide bonds. The predicted octanol–water partition coefficient (Wildman–Crippen LogP) is 3.65. The third-order valence-corrected chi connectivity index (χ3v) is 4.27. The predicted molar refractivity (Wildman–Crippen MR) is 102 cm³/mol. The maximum atomic E-state index is 5.28. The maximum absolute atomic E-state index is 5.28. The zero-order chi connectivity index (χ0) is 17.9. The molecule has 2 heterocycles. The van der Waals surface area contributed by atoms with Gasteiger partial charge in [-0.05, 0) is 35.4 Å².